The first kappa shape index (κ1) is 13.5. The molecule has 0 bridgehead atoms. The molecule has 3 N–H and O–H groups in total. The van der Waals surface area contributed by atoms with E-state index in [0.717, 1.165) is 25.3 Å². The highest BCUT2D eigenvalue weighted by atomic mass is 15.0. The molecule has 14 heavy (non-hydrogen) atoms. The van der Waals surface area contributed by atoms with E-state index in [1.165, 1.54) is 6.42 Å². The standard InChI is InChI=1S/C12H24N2/c1-5-6-9-14-12(4,10-13)8-7-11(2)3/h1,11,14H,6-10,13H2,2-4H3. The lowest BCUT2D eigenvalue weighted by Gasteiger charge is -2.30. The van der Waals surface area contributed by atoms with Gasteiger partial charge in [0.2, 0.25) is 0 Å². The summed E-state index contributed by atoms with van der Waals surface area (Å²) >= 11 is 0. The summed E-state index contributed by atoms with van der Waals surface area (Å²) < 4.78 is 0. The van der Waals surface area contributed by atoms with E-state index in [-0.39, 0.29) is 5.54 Å². The summed E-state index contributed by atoms with van der Waals surface area (Å²) in [5, 5.41) is 3.43. The highest BCUT2D eigenvalue weighted by Crippen LogP contribution is 2.15. The van der Waals surface area contributed by atoms with Crippen molar-refractivity contribution in [2.45, 2.75) is 45.6 Å². The summed E-state index contributed by atoms with van der Waals surface area (Å²) in [5.41, 5.74) is 5.82. The summed E-state index contributed by atoms with van der Waals surface area (Å²) in [6, 6.07) is 0. The van der Waals surface area contributed by atoms with Gasteiger partial charge in [-0.2, -0.15) is 0 Å². The second kappa shape index (κ2) is 6.86. The first-order chi connectivity index (χ1) is 6.54. The SMILES string of the molecule is C#CCCNC(C)(CN)CCC(C)C. The molecule has 0 aromatic rings. The van der Waals surface area contributed by atoms with Crippen LogP contribution in [0.2, 0.25) is 0 Å². The van der Waals surface area contributed by atoms with Gasteiger partial charge in [-0.15, -0.1) is 12.3 Å². The van der Waals surface area contributed by atoms with Gasteiger partial charge in [0.1, 0.15) is 0 Å². The highest BCUT2D eigenvalue weighted by molar-refractivity contribution is 4.89. The van der Waals surface area contributed by atoms with Crippen LogP contribution < -0.4 is 11.1 Å². The molecule has 0 rings (SSSR count). The van der Waals surface area contributed by atoms with Crippen LogP contribution in [0, 0.1) is 18.3 Å². The van der Waals surface area contributed by atoms with Crippen LogP contribution in [-0.4, -0.2) is 18.6 Å². The molecule has 0 aliphatic rings. The minimum absolute atomic E-state index is 0.0567. The van der Waals surface area contributed by atoms with E-state index >= 15 is 0 Å². The highest BCUT2D eigenvalue weighted by Gasteiger charge is 2.20. The molecule has 0 aliphatic carbocycles. The fraction of sp³-hybridized carbons (Fsp3) is 0.833. The zero-order chi connectivity index (χ0) is 11.0. The van der Waals surface area contributed by atoms with Gasteiger partial charge in [-0.3, -0.25) is 0 Å². The van der Waals surface area contributed by atoms with E-state index in [4.69, 9.17) is 12.2 Å². The average Bonchev–Trinajstić information content (AvgIpc) is 2.15. The van der Waals surface area contributed by atoms with Crippen LogP contribution in [0.3, 0.4) is 0 Å². The van der Waals surface area contributed by atoms with Crippen molar-refractivity contribution >= 4 is 0 Å². The Morgan fingerprint density at radius 3 is 2.57 bits per heavy atom. The maximum atomic E-state index is 5.76. The van der Waals surface area contributed by atoms with E-state index in [2.05, 4.69) is 32.0 Å². The lowest BCUT2D eigenvalue weighted by molar-refractivity contribution is 0.317. The Balaban J connectivity index is 3.86. The van der Waals surface area contributed by atoms with Crippen LogP contribution in [0.5, 0.6) is 0 Å². The summed E-state index contributed by atoms with van der Waals surface area (Å²) in [5.74, 6) is 3.36. The van der Waals surface area contributed by atoms with E-state index in [1.807, 2.05) is 0 Å². The number of hydrogen-bond acceptors (Lipinski definition) is 2. The quantitative estimate of drug-likeness (QED) is 0.481. The van der Waals surface area contributed by atoms with Crippen molar-refractivity contribution in [1.82, 2.24) is 5.32 Å². The Bertz CT molecular complexity index is 181. The maximum absolute atomic E-state index is 5.76. The summed E-state index contributed by atoms with van der Waals surface area (Å²) in [4.78, 5) is 0. The lowest BCUT2D eigenvalue weighted by Crippen LogP contribution is -2.49. The Morgan fingerprint density at radius 1 is 1.50 bits per heavy atom. The van der Waals surface area contributed by atoms with Gasteiger partial charge in [0.05, 0.1) is 0 Å². The molecule has 0 aromatic carbocycles. The molecule has 2 heteroatoms. The second-order valence-electron chi connectivity index (χ2n) is 4.58. The molecule has 1 unspecified atom stereocenters. The van der Waals surface area contributed by atoms with Crippen molar-refractivity contribution in [1.29, 1.82) is 0 Å². The number of nitrogens with two attached hydrogens (primary N) is 1. The molecule has 0 fully saturated rings. The minimum atomic E-state index is 0.0567. The predicted octanol–water partition coefficient (Wildman–Crippen LogP) is 1.75. The van der Waals surface area contributed by atoms with Crippen molar-refractivity contribution in [2.75, 3.05) is 13.1 Å². The van der Waals surface area contributed by atoms with E-state index < -0.39 is 0 Å². The third-order valence-corrected chi connectivity index (χ3v) is 2.55. The van der Waals surface area contributed by atoms with Crippen molar-refractivity contribution in [3.63, 3.8) is 0 Å². The zero-order valence-corrected chi connectivity index (χ0v) is 9.77. The first-order valence-electron chi connectivity index (χ1n) is 5.42. The Kier molecular flexibility index (Phi) is 6.61. The van der Waals surface area contributed by atoms with E-state index in [0.29, 0.717) is 6.54 Å². The van der Waals surface area contributed by atoms with Crippen LogP contribution in [0.4, 0.5) is 0 Å². The van der Waals surface area contributed by atoms with E-state index in [1.54, 1.807) is 0 Å². The predicted molar refractivity (Wildman–Crippen MR) is 63.0 cm³/mol. The normalized spacial score (nSPS) is 15.1. The second-order valence-corrected chi connectivity index (χ2v) is 4.58. The third kappa shape index (κ3) is 6.01. The van der Waals surface area contributed by atoms with Crippen molar-refractivity contribution in [3.8, 4) is 12.3 Å². The van der Waals surface area contributed by atoms with Crippen molar-refractivity contribution in [3.05, 3.63) is 0 Å². The van der Waals surface area contributed by atoms with Crippen LogP contribution >= 0.6 is 0 Å². The molecule has 0 saturated heterocycles. The maximum Gasteiger partial charge on any atom is 0.0276 e. The molecule has 0 aromatic heterocycles. The summed E-state index contributed by atoms with van der Waals surface area (Å²) in [7, 11) is 0. The summed E-state index contributed by atoms with van der Waals surface area (Å²) in [6.45, 7) is 8.18. The fourth-order valence-corrected chi connectivity index (χ4v) is 1.31. The molecule has 0 spiro atoms. The fourth-order valence-electron chi connectivity index (χ4n) is 1.31. The smallest absolute Gasteiger partial charge is 0.0276 e. The van der Waals surface area contributed by atoms with Gasteiger partial charge in [-0.05, 0) is 25.7 Å². The Hall–Kier alpha value is -0.520. The molecule has 2 nitrogen and oxygen atoms in total. The van der Waals surface area contributed by atoms with Gasteiger partial charge in [0, 0.05) is 25.0 Å². The Labute approximate surface area is 88.6 Å². The van der Waals surface area contributed by atoms with Gasteiger partial charge in [-0.25, -0.2) is 0 Å². The monoisotopic (exact) mass is 196 g/mol. The molecule has 0 heterocycles. The van der Waals surface area contributed by atoms with Crippen LogP contribution in [0.1, 0.15) is 40.0 Å². The van der Waals surface area contributed by atoms with Crippen molar-refractivity contribution in [2.24, 2.45) is 11.7 Å². The number of terminal acetylenes is 1. The molecule has 0 saturated carbocycles. The van der Waals surface area contributed by atoms with Gasteiger partial charge >= 0.3 is 0 Å². The lowest BCUT2D eigenvalue weighted by atomic mass is 9.92. The van der Waals surface area contributed by atoms with Gasteiger partial charge in [0.25, 0.3) is 0 Å². The van der Waals surface area contributed by atoms with Crippen LogP contribution in [0.15, 0.2) is 0 Å². The van der Waals surface area contributed by atoms with Crippen LogP contribution in [0.25, 0.3) is 0 Å². The molecule has 0 radical (unpaired) electrons. The molecule has 82 valence electrons. The largest absolute Gasteiger partial charge is 0.329 e. The Morgan fingerprint density at radius 2 is 2.14 bits per heavy atom. The topological polar surface area (TPSA) is 38.0 Å². The van der Waals surface area contributed by atoms with E-state index in [9.17, 15) is 0 Å². The van der Waals surface area contributed by atoms with Gasteiger partial charge in [-0.1, -0.05) is 13.8 Å². The molecular formula is C12H24N2. The number of hydrogen-bond donors (Lipinski definition) is 2. The zero-order valence-electron chi connectivity index (χ0n) is 9.77. The number of nitrogens with one attached hydrogen (secondary N) is 1. The first-order valence-corrected chi connectivity index (χ1v) is 5.42. The van der Waals surface area contributed by atoms with Gasteiger partial charge < -0.3 is 11.1 Å². The summed E-state index contributed by atoms with van der Waals surface area (Å²) in [6.07, 6.45) is 8.30. The molecule has 1 atom stereocenters. The van der Waals surface area contributed by atoms with Gasteiger partial charge in [0.15, 0.2) is 0 Å². The minimum Gasteiger partial charge on any atom is -0.329 e. The average molecular weight is 196 g/mol. The van der Waals surface area contributed by atoms with Crippen molar-refractivity contribution < 1.29 is 0 Å². The number of rotatable bonds is 7. The molecular weight excluding hydrogens is 172 g/mol. The molecule has 0 aliphatic heterocycles. The third-order valence-electron chi connectivity index (χ3n) is 2.55. The van der Waals surface area contributed by atoms with Crippen LogP contribution in [-0.2, 0) is 0 Å². The molecule has 0 amide bonds.